The number of amides is 4. The minimum atomic E-state index is -0.739. The molecule has 1 aromatic carbocycles. The fourth-order valence-corrected chi connectivity index (χ4v) is 3.09. The summed E-state index contributed by atoms with van der Waals surface area (Å²) in [5.41, 5.74) is 0.670. The van der Waals surface area contributed by atoms with Crippen LogP contribution in [0.3, 0.4) is 0 Å². The van der Waals surface area contributed by atoms with Gasteiger partial charge in [-0.15, -0.1) is 0 Å². The summed E-state index contributed by atoms with van der Waals surface area (Å²) in [6.45, 7) is 0.135. The van der Waals surface area contributed by atoms with Crippen LogP contribution in [0.25, 0.3) is 11.5 Å². The van der Waals surface area contributed by atoms with E-state index >= 15 is 0 Å². The van der Waals surface area contributed by atoms with Crippen molar-refractivity contribution in [1.29, 1.82) is 0 Å². The van der Waals surface area contributed by atoms with Gasteiger partial charge in [-0.1, -0.05) is 0 Å². The van der Waals surface area contributed by atoms with Crippen LogP contribution >= 0.6 is 0 Å². The van der Waals surface area contributed by atoms with E-state index in [1.54, 1.807) is 0 Å². The van der Waals surface area contributed by atoms with E-state index in [-0.39, 0.29) is 37.0 Å². The zero-order valence-corrected chi connectivity index (χ0v) is 14.0. The van der Waals surface area contributed by atoms with Crippen LogP contribution in [0.4, 0.5) is 13.6 Å². The van der Waals surface area contributed by atoms with Crippen molar-refractivity contribution in [3.63, 3.8) is 0 Å². The van der Waals surface area contributed by atoms with Gasteiger partial charge in [-0.05, 0) is 12.1 Å². The SMILES string of the molecule is O=C1CN(CC(=O)N2CCc3oc(-c4cc(F)cc(F)c4)nc3C2)C(=O)N1. The molecule has 0 bridgehead atoms. The number of oxazole rings is 1. The highest BCUT2D eigenvalue weighted by Gasteiger charge is 2.32. The molecule has 10 heteroatoms. The van der Waals surface area contributed by atoms with Gasteiger partial charge in [0, 0.05) is 24.6 Å². The Balaban J connectivity index is 1.48. The molecule has 3 heterocycles. The van der Waals surface area contributed by atoms with Crippen LogP contribution in [0.2, 0.25) is 0 Å². The van der Waals surface area contributed by atoms with Crippen LogP contribution in [-0.4, -0.2) is 52.3 Å². The van der Waals surface area contributed by atoms with E-state index in [2.05, 4.69) is 10.3 Å². The van der Waals surface area contributed by atoms with Crippen LogP contribution in [0.1, 0.15) is 11.5 Å². The number of nitrogens with one attached hydrogen (secondary N) is 1. The lowest BCUT2D eigenvalue weighted by atomic mass is 10.1. The van der Waals surface area contributed by atoms with Crippen LogP contribution in [0, 0.1) is 11.6 Å². The fourth-order valence-electron chi connectivity index (χ4n) is 3.09. The van der Waals surface area contributed by atoms with E-state index in [0.29, 0.717) is 24.4 Å². The predicted molar refractivity (Wildman–Crippen MR) is 86.1 cm³/mol. The zero-order valence-electron chi connectivity index (χ0n) is 14.0. The van der Waals surface area contributed by atoms with E-state index in [4.69, 9.17) is 4.42 Å². The molecule has 0 spiro atoms. The molecule has 1 saturated heterocycles. The number of imide groups is 1. The Morgan fingerprint density at radius 1 is 1.19 bits per heavy atom. The topological polar surface area (TPSA) is 95.8 Å². The second-order valence-electron chi connectivity index (χ2n) is 6.32. The number of urea groups is 1. The van der Waals surface area contributed by atoms with Crippen molar-refractivity contribution in [2.24, 2.45) is 0 Å². The molecule has 0 atom stereocenters. The first-order valence-corrected chi connectivity index (χ1v) is 8.20. The largest absolute Gasteiger partial charge is 0.441 e. The van der Waals surface area contributed by atoms with Gasteiger partial charge in [0.15, 0.2) is 0 Å². The van der Waals surface area contributed by atoms with Crippen molar-refractivity contribution in [1.82, 2.24) is 20.1 Å². The second-order valence-corrected chi connectivity index (χ2v) is 6.32. The molecule has 2 aliphatic heterocycles. The Kier molecular flexibility index (Phi) is 4.09. The van der Waals surface area contributed by atoms with E-state index in [1.807, 2.05) is 0 Å². The molecule has 1 N–H and O–H groups in total. The molecule has 2 aliphatic rings. The minimum Gasteiger partial charge on any atom is -0.441 e. The summed E-state index contributed by atoms with van der Waals surface area (Å²) in [5, 5.41) is 2.11. The van der Waals surface area contributed by atoms with E-state index in [0.717, 1.165) is 23.1 Å². The van der Waals surface area contributed by atoms with Crippen LogP contribution < -0.4 is 5.32 Å². The normalized spacial score (nSPS) is 16.5. The molecule has 2 aromatic rings. The lowest BCUT2D eigenvalue weighted by Gasteiger charge is -2.26. The first-order chi connectivity index (χ1) is 12.9. The van der Waals surface area contributed by atoms with Crippen molar-refractivity contribution in [2.75, 3.05) is 19.6 Å². The molecule has 27 heavy (non-hydrogen) atoms. The highest BCUT2D eigenvalue weighted by molar-refractivity contribution is 6.03. The number of fused-ring (bicyclic) bond motifs is 1. The summed E-state index contributed by atoms with van der Waals surface area (Å²) in [6.07, 6.45) is 0.386. The third-order valence-electron chi connectivity index (χ3n) is 4.38. The van der Waals surface area contributed by atoms with Gasteiger partial charge < -0.3 is 14.2 Å². The number of carbonyl (C=O) groups excluding carboxylic acids is 3. The number of benzene rings is 1. The summed E-state index contributed by atoms with van der Waals surface area (Å²) in [6, 6.07) is 2.40. The summed E-state index contributed by atoms with van der Waals surface area (Å²) in [4.78, 5) is 42.0. The molecule has 0 unspecified atom stereocenters. The molecule has 0 aliphatic carbocycles. The maximum Gasteiger partial charge on any atom is 0.325 e. The Hall–Kier alpha value is -3.30. The highest BCUT2D eigenvalue weighted by Crippen LogP contribution is 2.27. The van der Waals surface area contributed by atoms with Crippen molar-refractivity contribution >= 4 is 17.8 Å². The number of hydrogen-bond donors (Lipinski definition) is 1. The van der Waals surface area contributed by atoms with Crippen molar-refractivity contribution in [3.8, 4) is 11.5 Å². The van der Waals surface area contributed by atoms with Crippen molar-refractivity contribution in [3.05, 3.63) is 41.3 Å². The van der Waals surface area contributed by atoms with Gasteiger partial charge in [0.05, 0.1) is 6.54 Å². The third kappa shape index (κ3) is 3.37. The lowest BCUT2D eigenvalue weighted by Crippen LogP contribution is -2.43. The van der Waals surface area contributed by atoms with Gasteiger partial charge in [0.1, 0.15) is 36.2 Å². The van der Waals surface area contributed by atoms with Gasteiger partial charge in [0.2, 0.25) is 17.7 Å². The highest BCUT2D eigenvalue weighted by atomic mass is 19.1. The van der Waals surface area contributed by atoms with Gasteiger partial charge in [-0.25, -0.2) is 18.6 Å². The number of aromatic nitrogens is 1. The number of carbonyl (C=O) groups is 3. The lowest BCUT2D eigenvalue weighted by molar-refractivity contribution is -0.132. The molecular formula is C17H14F2N4O4. The van der Waals surface area contributed by atoms with Gasteiger partial charge >= 0.3 is 6.03 Å². The average Bonchev–Trinajstić information content (AvgIpc) is 3.16. The Morgan fingerprint density at radius 3 is 2.59 bits per heavy atom. The molecular weight excluding hydrogens is 362 g/mol. The van der Waals surface area contributed by atoms with E-state index < -0.39 is 23.6 Å². The zero-order chi connectivity index (χ0) is 19.1. The average molecular weight is 376 g/mol. The molecule has 140 valence electrons. The molecule has 0 radical (unpaired) electrons. The quantitative estimate of drug-likeness (QED) is 0.808. The summed E-state index contributed by atoms with van der Waals surface area (Å²) >= 11 is 0. The first-order valence-electron chi connectivity index (χ1n) is 8.20. The van der Waals surface area contributed by atoms with E-state index in [1.165, 1.54) is 4.90 Å². The minimum absolute atomic E-state index is 0.0808. The maximum absolute atomic E-state index is 13.4. The molecule has 1 aromatic heterocycles. The summed E-state index contributed by atoms with van der Waals surface area (Å²) in [5.74, 6) is -1.62. The van der Waals surface area contributed by atoms with Crippen LogP contribution in [-0.2, 0) is 22.6 Å². The fraction of sp³-hybridized carbons (Fsp3) is 0.294. The van der Waals surface area contributed by atoms with E-state index in [9.17, 15) is 23.2 Å². The number of rotatable bonds is 3. The monoisotopic (exact) mass is 376 g/mol. The molecule has 4 rings (SSSR count). The number of hydrogen-bond acceptors (Lipinski definition) is 5. The van der Waals surface area contributed by atoms with Crippen molar-refractivity contribution in [2.45, 2.75) is 13.0 Å². The van der Waals surface area contributed by atoms with Gasteiger partial charge in [-0.3, -0.25) is 14.9 Å². The van der Waals surface area contributed by atoms with Crippen molar-refractivity contribution < 1.29 is 27.6 Å². The predicted octanol–water partition coefficient (Wildman–Crippen LogP) is 1.06. The molecule has 8 nitrogen and oxygen atoms in total. The number of halogens is 2. The van der Waals surface area contributed by atoms with Crippen LogP contribution in [0.15, 0.2) is 22.6 Å². The maximum atomic E-state index is 13.4. The summed E-state index contributed by atoms with van der Waals surface area (Å²) in [7, 11) is 0. The third-order valence-corrected chi connectivity index (χ3v) is 4.38. The standard InChI is InChI=1S/C17H14F2N4O4/c18-10-3-9(4-11(19)5-10)16-20-12-6-22(2-1-13(12)27-16)15(25)8-23-7-14(24)21-17(23)26/h3-5H,1-2,6-8H2,(H,21,24,26). The second kappa shape index (κ2) is 6.45. The molecule has 1 fully saturated rings. The Labute approximate surface area is 151 Å². The van der Waals surface area contributed by atoms with Gasteiger partial charge in [0.25, 0.3) is 0 Å². The number of nitrogens with zero attached hydrogens (tertiary/aromatic N) is 3. The van der Waals surface area contributed by atoms with Crippen LogP contribution in [0.5, 0.6) is 0 Å². The Morgan fingerprint density at radius 2 is 1.93 bits per heavy atom. The van der Waals surface area contributed by atoms with Gasteiger partial charge in [-0.2, -0.15) is 0 Å². The molecule has 0 saturated carbocycles. The Bertz CT molecular complexity index is 938. The molecule has 4 amide bonds. The first kappa shape index (κ1) is 17.1. The summed E-state index contributed by atoms with van der Waals surface area (Å²) < 4.78 is 32.4. The smallest absolute Gasteiger partial charge is 0.325 e.